The Morgan fingerprint density at radius 1 is 1.08 bits per heavy atom. The fraction of sp³-hybridized carbons (Fsp3) is 0.276. The zero-order valence-corrected chi connectivity index (χ0v) is 20.8. The van der Waals surface area contributed by atoms with Crippen molar-refractivity contribution >= 4 is 0 Å². The van der Waals surface area contributed by atoms with Crippen LogP contribution < -0.4 is 4.74 Å². The first kappa shape index (κ1) is 25.4. The summed E-state index contributed by atoms with van der Waals surface area (Å²) in [6, 6.07) is 21.8. The molecule has 0 amide bonds. The van der Waals surface area contributed by atoms with Gasteiger partial charge in [0.2, 0.25) is 5.88 Å². The first-order chi connectivity index (χ1) is 17.5. The van der Waals surface area contributed by atoms with Gasteiger partial charge >= 0.3 is 0 Å². The van der Waals surface area contributed by atoms with E-state index >= 15 is 0 Å². The topological polar surface area (TPSA) is 72.9 Å². The molecule has 4 rings (SSSR count). The molecule has 7 heteroatoms. The molecule has 2 heterocycles. The van der Waals surface area contributed by atoms with Gasteiger partial charge in [-0.3, -0.25) is 4.90 Å². The molecule has 0 aliphatic heterocycles. The average molecular weight is 488 g/mol. The number of aromatic nitrogens is 2. The number of aryl methyl sites for hydroxylation is 2. The van der Waals surface area contributed by atoms with E-state index in [1.165, 1.54) is 0 Å². The molecule has 0 aliphatic carbocycles. The Morgan fingerprint density at radius 2 is 1.86 bits per heavy atom. The third-order valence-corrected chi connectivity index (χ3v) is 5.73. The largest absolute Gasteiger partial charge is 0.468 e. The van der Waals surface area contributed by atoms with Crippen LogP contribution in [-0.2, 0) is 24.9 Å². The van der Waals surface area contributed by atoms with Crippen molar-refractivity contribution in [1.29, 1.82) is 0 Å². The minimum atomic E-state index is -0.682. The van der Waals surface area contributed by atoms with E-state index in [2.05, 4.69) is 11.5 Å². The summed E-state index contributed by atoms with van der Waals surface area (Å²) in [5, 5.41) is 15.5. The zero-order valence-electron chi connectivity index (χ0n) is 20.8. The van der Waals surface area contributed by atoms with Crippen LogP contribution in [0, 0.1) is 6.92 Å². The van der Waals surface area contributed by atoms with Gasteiger partial charge in [-0.2, -0.15) is 5.10 Å². The second-order valence-corrected chi connectivity index (χ2v) is 8.77. The molecule has 0 saturated heterocycles. The summed E-state index contributed by atoms with van der Waals surface area (Å²) in [5.74, 6) is 2.19. The molecule has 2 aromatic carbocycles. The maximum absolute atomic E-state index is 10.7. The van der Waals surface area contributed by atoms with Gasteiger partial charge in [0.1, 0.15) is 17.2 Å². The van der Waals surface area contributed by atoms with Gasteiger partial charge in [0.25, 0.3) is 0 Å². The molecule has 0 radical (unpaired) electrons. The summed E-state index contributed by atoms with van der Waals surface area (Å²) in [4.78, 5) is 2.12. The van der Waals surface area contributed by atoms with Crippen molar-refractivity contribution in [2.24, 2.45) is 7.05 Å². The van der Waals surface area contributed by atoms with Gasteiger partial charge in [0, 0.05) is 25.7 Å². The molecule has 4 aromatic rings. The van der Waals surface area contributed by atoms with E-state index in [0.717, 1.165) is 33.9 Å². The molecule has 188 valence electrons. The van der Waals surface area contributed by atoms with Gasteiger partial charge in [-0.1, -0.05) is 54.1 Å². The number of benzene rings is 2. The second kappa shape index (κ2) is 12.4. The summed E-state index contributed by atoms with van der Waals surface area (Å²) in [5.41, 5.74) is 3.92. The quantitative estimate of drug-likeness (QED) is 0.203. The lowest BCUT2D eigenvalue weighted by Gasteiger charge is -2.25. The van der Waals surface area contributed by atoms with E-state index in [4.69, 9.17) is 19.0 Å². The molecule has 7 nitrogen and oxygen atoms in total. The van der Waals surface area contributed by atoms with Crippen molar-refractivity contribution in [3.8, 4) is 22.9 Å². The second-order valence-electron chi connectivity index (χ2n) is 8.77. The highest BCUT2D eigenvalue weighted by molar-refractivity contribution is 5.65. The number of hydrogen-bond donors (Lipinski definition) is 1. The third kappa shape index (κ3) is 6.73. The Kier molecular flexibility index (Phi) is 8.73. The van der Waals surface area contributed by atoms with Gasteiger partial charge in [-0.05, 0) is 31.2 Å². The first-order valence-electron chi connectivity index (χ1n) is 12.0. The van der Waals surface area contributed by atoms with E-state index in [0.29, 0.717) is 32.1 Å². The molecular formula is C29H33N3O4. The lowest BCUT2D eigenvalue weighted by Crippen LogP contribution is -2.34. The van der Waals surface area contributed by atoms with Gasteiger partial charge in [0.05, 0.1) is 37.7 Å². The Labute approximate surface area is 212 Å². The van der Waals surface area contributed by atoms with Gasteiger partial charge in [0.15, 0.2) is 0 Å². The van der Waals surface area contributed by atoms with Crippen LogP contribution in [0.15, 0.2) is 90.1 Å². The number of ether oxygens (including phenoxy) is 2. The standard InChI is InChI=1S/C29H33N3O4/c1-4-16-34-21-24(33)18-32(19-26-11-8-17-35-26)20-27-28(23-9-6-5-7-10-23)30-31(3)29(27)36-25-14-12-22(2)13-15-25/h4-15,17,24,33H,1,16,18-21H2,2-3H3/t24-/m0/s1. The molecule has 0 fully saturated rings. The lowest BCUT2D eigenvalue weighted by molar-refractivity contribution is 0.0215. The molecule has 2 aromatic heterocycles. The average Bonchev–Trinajstić information content (AvgIpc) is 3.49. The van der Waals surface area contributed by atoms with Crippen LogP contribution in [0.3, 0.4) is 0 Å². The normalized spacial score (nSPS) is 12.1. The molecule has 0 saturated carbocycles. The van der Waals surface area contributed by atoms with Gasteiger partial charge < -0.3 is 19.0 Å². The van der Waals surface area contributed by atoms with Gasteiger partial charge in [-0.15, -0.1) is 6.58 Å². The van der Waals surface area contributed by atoms with Gasteiger partial charge in [-0.25, -0.2) is 4.68 Å². The first-order valence-corrected chi connectivity index (χ1v) is 12.0. The number of rotatable bonds is 13. The van der Waals surface area contributed by atoms with E-state index < -0.39 is 6.10 Å². The van der Waals surface area contributed by atoms with E-state index in [1.807, 2.05) is 80.7 Å². The maximum Gasteiger partial charge on any atom is 0.222 e. The van der Waals surface area contributed by atoms with Crippen LogP contribution in [0.2, 0.25) is 0 Å². The molecule has 36 heavy (non-hydrogen) atoms. The van der Waals surface area contributed by atoms with Crippen LogP contribution >= 0.6 is 0 Å². The minimum Gasteiger partial charge on any atom is -0.468 e. The van der Waals surface area contributed by atoms with Crippen molar-refractivity contribution < 1.29 is 19.0 Å². The molecule has 1 atom stereocenters. The highest BCUT2D eigenvalue weighted by Gasteiger charge is 2.24. The van der Waals surface area contributed by atoms with Crippen LogP contribution in [0.1, 0.15) is 16.9 Å². The highest BCUT2D eigenvalue weighted by Crippen LogP contribution is 2.34. The molecule has 1 N–H and O–H groups in total. The Balaban J connectivity index is 1.67. The Hall–Kier alpha value is -3.65. The number of aliphatic hydroxyl groups is 1. The van der Waals surface area contributed by atoms with Crippen molar-refractivity contribution in [3.63, 3.8) is 0 Å². The van der Waals surface area contributed by atoms with Crippen LogP contribution in [0.25, 0.3) is 11.3 Å². The number of nitrogens with zero attached hydrogens (tertiary/aromatic N) is 3. The van der Waals surface area contributed by atoms with Crippen LogP contribution in [-0.4, -0.2) is 45.6 Å². The summed E-state index contributed by atoms with van der Waals surface area (Å²) in [7, 11) is 1.88. The predicted octanol–water partition coefficient (Wildman–Crippen LogP) is 5.35. The van der Waals surface area contributed by atoms with Crippen molar-refractivity contribution in [2.45, 2.75) is 26.1 Å². The SMILES string of the molecule is C=CCOC[C@@H](O)CN(Cc1ccco1)Cc1c(-c2ccccc2)nn(C)c1Oc1ccc(C)cc1. The fourth-order valence-electron chi connectivity index (χ4n) is 4.04. The van der Waals surface area contributed by atoms with E-state index in [-0.39, 0.29) is 6.61 Å². The van der Waals surface area contributed by atoms with Crippen LogP contribution in [0.4, 0.5) is 0 Å². The predicted molar refractivity (Wildman–Crippen MR) is 140 cm³/mol. The Bertz CT molecular complexity index is 1220. The van der Waals surface area contributed by atoms with Crippen molar-refractivity contribution in [3.05, 3.63) is 103 Å². The summed E-state index contributed by atoms with van der Waals surface area (Å²) in [6.45, 7) is 7.69. The number of hydrogen-bond acceptors (Lipinski definition) is 6. The summed E-state index contributed by atoms with van der Waals surface area (Å²) < 4.78 is 19.2. The monoisotopic (exact) mass is 487 g/mol. The molecule has 0 aliphatic rings. The van der Waals surface area contributed by atoms with E-state index in [1.54, 1.807) is 17.0 Å². The molecule has 0 spiro atoms. The lowest BCUT2D eigenvalue weighted by atomic mass is 10.1. The van der Waals surface area contributed by atoms with E-state index in [9.17, 15) is 5.11 Å². The smallest absolute Gasteiger partial charge is 0.222 e. The fourth-order valence-corrected chi connectivity index (χ4v) is 4.04. The third-order valence-electron chi connectivity index (χ3n) is 5.73. The van der Waals surface area contributed by atoms with Crippen molar-refractivity contribution in [2.75, 3.05) is 19.8 Å². The highest BCUT2D eigenvalue weighted by atomic mass is 16.5. The van der Waals surface area contributed by atoms with Crippen molar-refractivity contribution in [1.82, 2.24) is 14.7 Å². The Morgan fingerprint density at radius 3 is 2.56 bits per heavy atom. The van der Waals surface area contributed by atoms with Crippen LogP contribution in [0.5, 0.6) is 11.6 Å². The molecular weight excluding hydrogens is 454 g/mol. The summed E-state index contributed by atoms with van der Waals surface area (Å²) >= 11 is 0. The molecule has 0 unspecified atom stereocenters. The summed E-state index contributed by atoms with van der Waals surface area (Å²) in [6.07, 6.45) is 2.64. The zero-order chi connectivity index (χ0) is 25.3. The maximum atomic E-state index is 10.7. The number of furan rings is 1. The number of aliphatic hydroxyl groups excluding tert-OH is 1. The molecule has 0 bridgehead atoms. The minimum absolute atomic E-state index is 0.214.